The number of nitrogens with zero attached hydrogens (tertiary/aromatic N) is 5. The van der Waals surface area contributed by atoms with E-state index < -0.39 is 10.8 Å². The summed E-state index contributed by atoms with van der Waals surface area (Å²) in [5.74, 6) is 1.69. The topological polar surface area (TPSA) is 136 Å². The van der Waals surface area contributed by atoms with Gasteiger partial charge in [0.2, 0.25) is 5.91 Å². The lowest BCUT2D eigenvalue weighted by atomic mass is 9.90. The highest BCUT2D eigenvalue weighted by atomic mass is 32.2. The molecule has 2 aliphatic heterocycles. The molecule has 1 atom stereocenters. The van der Waals surface area contributed by atoms with Gasteiger partial charge in [-0.15, -0.1) is 0 Å². The van der Waals surface area contributed by atoms with Crippen molar-refractivity contribution in [1.29, 1.82) is 0 Å². The number of hydrogen-bond donors (Lipinski definition) is 3. The zero-order valence-electron chi connectivity index (χ0n) is 24.7. The van der Waals surface area contributed by atoms with Crippen LogP contribution in [0.1, 0.15) is 35.8 Å². The maximum absolute atomic E-state index is 13.1. The first-order valence-corrected chi connectivity index (χ1v) is 16.2. The normalized spacial score (nSPS) is 19.5. The van der Waals surface area contributed by atoms with Crippen LogP contribution >= 0.6 is 0 Å². The summed E-state index contributed by atoms with van der Waals surface area (Å²) in [7, 11) is -0.763. The Labute approximate surface area is 258 Å². The molecule has 12 heteroatoms. The molecule has 2 aliphatic rings. The third-order valence-electron chi connectivity index (χ3n) is 8.18. The first kappa shape index (κ1) is 29.6. The van der Waals surface area contributed by atoms with Crippen molar-refractivity contribution >= 4 is 45.2 Å². The number of anilines is 2. The predicted octanol–water partition coefficient (Wildman–Crippen LogP) is 3.50. The summed E-state index contributed by atoms with van der Waals surface area (Å²) >= 11 is 0. The lowest BCUT2D eigenvalue weighted by molar-refractivity contribution is -0.118. The highest BCUT2D eigenvalue weighted by molar-refractivity contribution is 7.85. The zero-order valence-corrected chi connectivity index (χ0v) is 25.5. The maximum atomic E-state index is 13.1. The van der Waals surface area contributed by atoms with Crippen LogP contribution in [0.3, 0.4) is 0 Å². The van der Waals surface area contributed by atoms with E-state index in [0.717, 1.165) is 53.1 Å². The molecule has 3 N–H and O–H groups in total. The molecule has 0 aliphatic carbocycles. The van der Waals surface area contributed by atoms with E-state index in [9.17, 15) is 13.8 Å². The number of likely N-dealkylation sites (tertiary alicyclic amines) is 1. The number of benzene rings is 1. The standard InChI is InChI=1S/C32H36N8O3S/c1-3-28(41)38-32(2)10-4-12-39(20-32)19-22-9-11-33-27(17-22)31(42)36-24-7-5-23(6-8-24)26-18-25-29(37-26)34-21-35-30(25)40-13-15-44(43)16-14-40/h3,5-9,11,17-18,21H,1,4,10,12-16,19-20H2,2H3,(H,36,42)(H,38,41)(H,34,35,37). The largest absolute Gasteiger partial charge is 0.354 e. The molecule has 0 radical (unpaired) electrons. The number of hydrogen-bond acceptors (Lipinski definition) is 8. The van der Waals surface area contributed by atoms with Crippen LogP contribution in [0.15, 0.2) is 67.6 Å². The van der Waals surface area contributed by atoms with Crippen LogP contribution in [-0.4, -0.2) is 84.1 Å². The van der Waals surface area contributed by atoms with Crippen LogP contribution < -0.4 is 15.5 Å². The minimum Gasteiger partial charge on any atom is -0.354 e. The van der Waals surface area contributed by atoms with Gasteiger partial charge in [-0.05, 0) is 73.8 Å². The summed E-state index contributed by atoms with van der Waals surface area (Å²) in [4.78, 5) is 46.1. The zero-order chi connectivity index (χ0) is 30.7. The Morgan fingerprint density at radius 2 is 1.89 bits per heavy atom. The summed E-state index contributed by atoms with van der Waals surface area (Å²) in [6.07, 6.45) is 6.40. The van der Waals surface area contributed by atoms with Crippen LogP contribution in [0, 0.1) is 0 Å². The van der Waals surface area contributed by atoms with Crippen LogP contribution in [-0.2, 0) is 22.1 Å². The molecule has 0 bridgehead atoms. The Balaban J connectivity index is 1.10. The molecule has 5 heterocycles. The fourth-order valence-electron chi connectivity index (χ4n) is 6.00. The van der Waals surface area contributed by atoms with Gasteiger partial charge in [-0.2, -0.15) is 0 Å². The van der Waals surface area contributed by atoms with Gasteiger partial charge >= 0.3 is 0 Å². The van der Waals surface area contributed by atoms with E-state index in [0.29, 0.717) is 49.1 Å². The minimum atomic E-state index is -0.763. The lowest BCUT2D eigenvalue weighted by Crippen LogP contribution is -2.56. The van der Waals surface area contributed by atoms with E-state index in [-0.39, 0.29) is 17.4 Å². The van der Waals surface area contributed by atoms with E-state index in [1.165, 1.54) is 6.08 Å². The van der Waals surface area contributed by atoms with Crippen molar-refractivity contribution < 1.29 is 13.8 Å². The van der Waals surface area contributed by atoms with Gasteiger partial charge in [0.25, 0.3) is 5.91 Å². The van der Waals surface area contributed by atoms with Crippen molar-refractivity contribution in [3.63, 3.8) is 0 Å². The number of carbonyl (C=O) groups excluding carboxylic acids is 2. The second kappa shape index (κ2) is 12.7. The van der Waals surface area contributed by atoms with Crippen molar-refractivity contribution in [1.82, 2.24) is 30.2 Å². The number of nitrogens with one attached hydrogen (secondary N) is 3. The Morgan fingerprint density at radius 1 is 1.09 bits per heavy atom. The van der Waals surface area contributed by atoms with E-state index in [2.05, 4.69) is 53.9 Å². The molecular weight excluding hydrogens is 576 g/mol. The second-order valence-electron chi connectivity index (χ2n) is 11.6. The molecule has 4 aromatic rings. The van der Waals surface area contributed by atoms with Gasteiger partial charge in [0.05, 0.1) is 10.9 Å². The molecule has 2 amide bonds. The van der Waals surface area contributed by atoms with Gasteiger partial charge in [0.1, 0.15) is 23.5 Å². The number of rotatable bonds is 8. The van der Waals surface area contributed by atoms with E-state index in [1.807, 2.05) is 42.5 Å². The smallest absolute Gasteiger partial charge is 0.274 e. The van der Waals surface area contributed by atoms with Gasteiger partial charge in [-0.25, -0.2) is 9.97 Å². The van der Waals surface area contributed by atoms with Crippen molar-refractivity contribution in [2.75, 3.05) is 47.9 Å². The summed E-state index contributed by atoms with van der Waals surface area (Å²) in [5, 5.41) is 6.94. The summed E-state index contributed by atoms with van der Waals surface area (Å²) in [5.41, 5.74) is 4.26. The molecule has 1 unspecified atom stereocenters. The molecule has 44 heavy (non-hydrogen) atoms. The van der Waals surface area contributed by atoms with E-state index in [4.69, 9.17) is 0 Å². The second-order valence-corrected chi connectivity index (χ2v) is 13.3. The molecule has 2 saturated heterocycles. The van der Waals surface area contributed by atoms with Crippen LogP contribution in [0.5, 0.6) is 0 Å². The third-order valence-corrected chi connectivity index (χ3v) is 9.46. The van der Waals surface area contributed by atoms with Crippen LogP contribution in [0.2, 0.25) is 0 Å². The first-order valence-electron chi connectivity index (χ1n) is 14.8. The number of fused-ring (bicyclic) bond motifs is 1. The van der Waals surface area contributed by atoms with Gasteiger partial charge in [-0.3, -0.25) is 23.7 Å². The van der Waals surface area contributed by atoms with Crippen molar-refractivity contribution in [3.05, 3.63) is 78.9 Å². The van der Waals surface area contributed by atoms with Gasteiger partial charge < -0.3 is 20.5 Å². The summed E-state index contributed by atoms with van der Waals surface area (Å²) < 4.78 is 11.8. The minimum absolute atomic E-state index is 0.163. The molecule has 0 saturated carbocycles. The number of piperidine rings is 1. The Hall–Kier alpha value is -4.42. The van der Waals surface area contributed by atoms with E-state index in [1.54, 1.807) is 12.5 Å². The SMILES string of the molecule is C=CC(=O)NC1(C)CCCN(Cc2ccnc(C(=O)Nc3ccc(-c4cc5c(N6CCS(=O)CC6)ncnc5[nH]4)cc3)c2)C1. The monoisotopic (exact) mass is 612 g/mol. The van der Waals surface area contributed by atoms with Gasteiger partial charge in [-0.1, -0.05) is 18.7 Å². The fraction of sp³-hybridized carbons (Fsp3) is 0.344. The van der Waals surface area contributed by atoms with Gasteiger partial charge in [0, 0.05) is 66.1 Å². The predicted molar refractivity (Wildman–Crippen MR) is 173 cm³/mol. The molecule has 2 fully saturated rings. The highest BCUT2D eigenvalue weighted by Gasteiger charge is 2.32. The quantitative estimate of drug-likeness (QED) is 0.257. The summed E-state index contributed by atoms with van der Waals surface area (Å²) in [6.45, 7) is 9.32. The number of carbonyl (C=O) groups is 2. The van der Waals surface area contributed by atoms with Crippen molar-refractivity contribution in [2.24, 2.45) is 0 Å². The number of aromatic amines is 1. The number of H-pyrrole nitrogens is 1. The number of aromatic nitrogens is 4. The Kier molecular flexibility index (Phi) is 8.53. The lowest BCUT2D eigenvalue weighted by Gasteiger charge is -2.41. The first-order chi connectivity index (χ1) is 21.3. The van der Waals surface area contributed by atoms with Crippen LogP contribution in [0.4, 0.5) is 11.5 Å². The van der Waals surface area contributed by atoms with E-state index >= 15 is 0 Å². The molecule has 0 spiro atoms. The average molecular weight is 613 g/mol. The summed E-state index contributed by atoms with van der Waals surface area (Å²) in [6, 6.07) is 13.4. The molecular formula is C32H36N8O3S. The van der Waals surface area contributed by atoms with Crippen LogP contribution in [0.25, 0.3) is 22.3 Å². The number of pyridine rings is 1. The molecule has 6 rings (SSSR count). The van der Waals surface area contributed by atoms with Gasteiger partial charge in [0.15, 0.2) is 0 Å². The molecule has 11 nitrogen and oxygen atoms in total. The van der Waals surface area contributed by atoms with Crippen molar-refractivity contribution in [3.8, 4) is 11.3 Å². The molecule has 3 aromatic heterocycles. The number of amides is 2. The Bertz CT molecular complexity index is 1710. The fourth-order valence-corrected chi connectivity index (χ4v) is 7.05. The highest BCUT2D eigenvalue weighted by Crippen LogP contribution is 2.30. The Morgan fingerprint density at radius 3 is 2.66 bits per heavy atom. The maximum Gasteiger partial charge on any atom is 0.274 e. The van der Waals surface area contributed by atoms with Crippen molar-refractivity contribution in [2.45, 2.75) is 31.8 Å². The average Bonchev–Trinajstić information content (AvgIpc) is 3.46. The molecule has 228 valence electrons. The third kappa shape index (κ3) is 6.71. The molecule has 1 aromatic carbocycles.